The van der Waals surface area contributed by atoms with E-state index in [0.29, 0.717) is 17.7 Å². The van der Waals surface area contributed by atoms with Crippen LogP contribution in [-0.4, -0.2) is 30.5 Å². The SMILES string of the molecule is O=C(O)C(Cc1ccccc1)NS(=O)(=O)c1ccc(F)c([N+](=O)[O-])c1. The average Bonchev–Trinajstić information content (AvgIpc) is 2.54. The minimum absolute atomic E-state index is 0.126. The molecule has 0 fully saturated rings. The Labute approximate surface area is 142 Å². The molecule has 10 heteroatoms. The van der Waals surface area contributed by atoms with E-state index in [9.17, 15) is 32.8 Å². The quantitative estimate of drug-likeness (QED) is 0.566. The number of benzene rings is 2. The second-order valence-corrected chi connectivity index (χ2v) is 6.79. The van der Waals surface area contributed by atoms with Crippen LogP contribution in [0.4, 0.5) is 10.1 Å². The van der Waals surface area contributed by atoms with Crippen molar-refractivity contribution in [3.05, 3.63) is 70.0 Å². The van der Waals surface area contributed by atoms with E-state index in [1.807, 2.05) is 4.72 Å². The summed E-state index contributed by atoms with van der Waals surface area (Å²) in [7, 11) is -4.40. The summed E-state index contributed by atoms with van der Waals surface area (Å²) in [6, 6.07) is 8.85. The van der Waals surface area contributed by atoms with Gasteiger partial charge in [-0.3, -0.25) is 14.9 Å². The lowest BCUT2D eigenvalue weighted by molar-refractivity contribution is -0.387. The molecule has 0 heterocycles. The lowest BCUT2D eigenvalue weighted by Crippen LogP contribution is -2.42. The molecule has 2 rings (SSSR count). The summed E-state index contributed by atoms with van der Waals surface area (Å²) >= 11 is 0. The molecule has 0 radical (unpaired) electrons. The third kappa shape index (κ3) is 4.58. The van der Waals surface area contributed by atoms with Crippen molar-refractivity contribution < 1.29 is 27.6 Å². The number of rotatable bonds is 7. The second-order valence-electron chi connectivity index (χ2n) is 5.07. The first-order valence-electron chi connectivity index (χ1n) is 6.93. The number of halogens is 1. The Morgan fingerprint density at radius 3 is 2.44 bits per heavy atom. The predicted molar refractivity (Wildman–Crippen MR) is 84.9 cm³/mol. The van der Waals surface area contributed by atoms with E-state index >= 15 is 0 Å². The Morgan fingerprint density at radius 2 is 1.88 bits per heavy atom. The summed E-state index contributed by atoms with van der Waals surface area (Å²) in [6.45, 7) is 0. The molecule has 0 saturated heterocycles. The topological polar surface area (TPSA) is 127 Å². The number of carboxylic acid groups (broad SMARTS) is 1. The van der Waals surface area contributed by atoms with Gasteiger partial charge >= 0.3 is 11.7 Å². The number of sulfonamides is 1. The van der Waals surface area contributed by atoms with Gasteiger partial charge in [-0.15, -0.1) is 0 Å². The highest BCUT2D eigenvalue weighted by Crippen LogP contribution is 2.21. The van der Waals surface area contributed by atoms with Crippen LogP contribution in [0.3, 0.4) is 0 Å². The minimum atomic E-state index is -4.40. The van der Waals surface area contributed by atoms with Crippen LogP contribution in [0.5, 0.6) is 0 Å². The first kappa shape index (κ1) is 18.5. The molecule has 2 aromatic carbocycles. The largest absolute Gasteiger partial charge is 0.480 e. The van der Waals surface area contributed by atoms with Crippen LogP contribution in [0.2, 0.25) is 0 Å². The monoisotopic (exact) mass is 368 g/mol. The maximum Gasteiger partial charge on any atom is 0.322 e. The van der Waals surface area contributed by atoms with Gasteiger partial charge in [-0.05, 0) is 24.1 Å². The standard InChI is InChI=1S/C15H13FN2O6S/c16-12-7-6-11(9-14(12)18(21)22)25(23,24)17-13(15(19)20)8-10-4-2-1-3-5-10/h1-7,9,13,17H,8H2,(H,19,20). The van der Waals surface area contributed by atoms with E-state index < -0.39 is 43.4 Å². The van der Waals surface area contributed by atoms with Crippen LogP contribution in [0.15, 0.2) is 53.4 Å². The molecular weight excluding hydrogens is 355 g/mol. The van der Waals surface area contributed by atoms with Crippen LogP contribution in [-0.2, 0) is 21.2 Å². The van der Waals surface area contributed by atoms with Crippen molar-refractivity contribution in [1.82, 2.24) is 4.72 Å². The van der Waals surface area contributed by atoms with Gasteiger partial charge in [0.05, 0.1) is 9.82 Å². The molecule has 0 spiro atoms. The van der Waals surface area contributed by atoms with Crippen molar-refractivity contribution >= 4 is 21.7 Å². The van der Waals surface area contributed by atoms with Gasteiger partial charge in [-0.1, -0.05) is 30.3 Å². The number of nitro groups is 1. The number of aliphatic carboxylic acids is 1. The van der Waals surface area contributed by atoms with Gasteiger partial charge in [0.15, 0.2) is 0 Å². The summed E-state index contributed by atoms with van der Waals surface area (Å²) in [4.78, 5) is 20.4. The van der Waals surface area contributed by atoms with Gasteiger partial charge in [-0.25, -0.2) is 8.42 Å². The number of nitro benzene ring substituents is 1. The van der Waals surface area contributed by atoms with Crippen LogP contribution in [0.25, 0.3) is 0 Å². The van der Waals surface area contributed by atoms with Crippen molar-refractivity contribution in [2.24, 2.45) is 0 Å². The van der Waals surface area contributed by atoms with Crippen LogP contribution < -0.4 is 4.72 Å². The normalized spacial score (nSPS) is 12.5. The van der Waals surface area contributed by atoms with Gasteiger partial charge in [0.25, 0.3) is 0 Å². The van der Waals surface area contributed by atoms with Crippen molar-refractivity contribution in [2.75, 3.05) is 0 Å². The zero-order valence-electron chi connectivity index (χ0n) is 12.6. The molecule has 0 aliphatic rings. The van der Waals surface area contributed by atoms with E-state index in [2.05, 4.69) is 0 Å². The molecule has 0 aliphatic heterocycles. The average molecular weight is 368 g/mol. The third-order valence-corrected chi connectivity index (χ3v) is 4.77. The summed E-state index contributed by atoms with van der Waals surface area (Å²) in [5.74, 6) is -2.60. The first-order chi connectivity index (χ1) is 11.7. The van der Waals surface area contributed by atoms with E-state index in [-0.39, 0.29) is 6.42 Å². The molecular formula is C15H13FN2O6S. The zero-order valence-corrected chi connectivity index (χ0v) is 13.4. The number of nitrogens with zero attached hydrogens (tertiary/aromatic N) is 1. The highest BCUT2D eigenvalue weighted by Gasteiger charge is 2.27. The maximum absolute atomic E-state index is 13.3. The highest BCUT2D eigenvalue weighted by molar-refractivity contribution is 7.89. The summed E-state index contributed by atoms with van der Waals surface area (Å²) < 4.78 is 39.9. The Morgan fingerprint density at radius 1 is 1.24 bits per heavy atom. The van der Waals surface area contributed by atoms with Gasteiger partial charge in [-0.2, -0.15) is 9.11 Å². The number of carboxylic acids is 1. The van der Waals surface area contributed by atoms with Crippen molar-refractivity contribution in [1.29, 1.82) is 0 Å². The fraction of sp³-hybridized carbons (Fsp3) is 0.133. The summed E-state index contributed by atoms with van der Waals surface area (Å²) in [5.41, 5.74) is -0.430. The Kier molecular flexibility index (Phi) is 5.45. The predicted octanol–water partition coefficient (Wildman–Crippen LogP) is 1.71. The molecule has 2 N–H and O–H groups in total. The van der Waals surface area contributed by atoms with Gasteiger partial charge in [0, 0.05) is 6.07 Å². The molecule has 8 nitrogen and oxygen atoms in total. The lowest BCUT2D eigenvalue weighted by atomic mass is 10.1. The number of nitrogens with one attached hydrogen (secondary N) is 1. The van der Waals surface area contributed by atoms with E-state index in [4.69, 9.17) is 0 Å². The molecule has 132 valence electrons. The minimum Gasteiger partial charge on any atom is -0.480 e. The smallest absolute Gasteiger partial charge is 0.322 e. The maximum atomic E-state index is 13.3. The third-order valence-electron chi connectivity index (χ3n) is 3.30. The molecule has 0 amide bonds. The van der Waals surface area contributed by atoms with E-state index in [1.54, 1.807) is 30.3 Å². The fourth-order valence-corrected chi connectivity index (χ4v) is 3.29. The van der Waals surface area contributed by atoms with Gasteiger partial charge in [0.1, 0.15) is 6.04 Å². The van der Waals surface area contributed by atoms with Gasteiger partial charge < -0.3 is 5.11 Å². The summed E-state index contributed by atoms with van der Waals surface area (Å²) in [5, 5.41) is 20.0. The molecule has 0 aliphatic carbocycles. The van der Waals surface area contributed by atoms with E-state index in [0.717, 1.165) is 6.07 Å². The fourth-order valence-electron chi connectivity index (χ4n) is 2.08. The lowest BCUT2D eigenvalue weighted by Gasteiger charge is -2.15. The second kappa shape index (κ2) is 7.36. The van der Waals surface area contributed by atoms with Crippen molar-refractivity contribution in [3.63, 3.8) is 0 Å². The Hall–Kier alpha value is -2.85. The first-order valence-corrected chi connectivity index (χ1v) is 8.42. The molecule has 0 aromatic heterocycles. The number of hydrogen-bond acceptors (Lipinski definition) is 5. The number of hydrogen-bond donors (Lipinski definition) is 2. The van der Waals surface area contributed by atoms with E-state index in [1.165, 1.54) is 0 Å². The molecule has 0 saturated carbocycles. The summed E-state index contributed by atoms with van der Waals surface area (Å²) in [6.07, 6.45) is -0.126. The molecule has 0 bridgehead atoms. The molecule has 2 aromatic rings. The van der Waals surface area contributed by atoms with Gasteiger partial charge in [0.2, 0.25) is 15.8 Å². The highest BCUT2D eigenvalue weighted by atomic mass is 32.2. The van der Waals surface area contributed by atoms with Crippen molar-refractivity contribution in [3.8, 4) is 0 Å². The van der Waals surface area contributed by atoms with Crippen LogP contribution in [0, 0.1) is 15.9 Å². The number of carbonyl (C=O) groups is 1. The zero-order chi connectivity index (χ0) is 18.6. The molecule has 1 atom stereocenters. The Balaban J connectivity index is 2.30. The van der Waals surface area contributed by atoms with Crippen LogP contribution in [0.1, 0.15) is 5.56 Å². The Bertz CT molecular complexity index is 901. The van der Waals surface area contributed by atoms with Crippen LogP contribution >= 0.6 is 0 Å². The molecule has 1 unspecified atom stereocenters. The van der Waals surface area contributed by atoms with Crippen molar-refractivity contribution in [2.45, 2.75) is 17.4 Å². The molecule has 25 heavy (non-hydrogen) atoms.